The van der Waals surface area contributed by atoms with Crippen molar-refractivity contribution in [2.45, 2.75) is 13.5 Å². The van der Waals surface area contributed by atoms with Crippen LogP contribution in [-0.4, -0.2) is 52.6 Å². The fourth-order valence-corrected chi connectivity index (χ4v) is 3.70. The molecular formula is C18H21N6O2+. The molecule has 1 aromatic carbocycles. The van der Waals surface area contributed by atoms with Gasteiger partial charge in [0.15, 0.2) is 11.5 Å². The molecule has 8 heteroatoms. The van der Waals surface area contributed by atoms with E-state index in [4.69, 9.17) is 9.47 Å². The lowest BCUT2D eigenvalue weighted by Gasteiger charge is -2.33. The third-order valence-electron chi connectivity index (χ3n) is 5.05. The van der Waals surface area contributed by atoms with Crippen molar-refractivity contribution in [2.75, 3.05) is 37.9 Å². The normalized spacial score (nSPS) is 17.2. The molecule has 2 aromatic heterocycles. The summed E-state index contributed by atoms with van der Waals surface area (Å²) in [6.45, 7) is 7.44. The number of benzene rings is 1. The van der Waals surface area contributed by atoms with Crippen molar-refractivity contribution < 1.29 is 14.4 Å². The Morgan fingerprint density at radius 3 is 2.85 bits per heavy atom. The number of fused-ring (bicyclic) bond motifs is 2. The van der Waals surface area contributed by atoms with Gasteiger partial charge in [0.2, 0.25) is 6.79 Å². The van der Waals surface area contributed by atoms with Crippen molar-refractivity contribution in [1.82, 2.24) is 19.6 Å². The number of ether oxygens (including phenoxy) is 2. The van der Waals surface area contributed by atoms with Gasteiger partial charge in [0, 0.05) is 17.3 Å². The molecule has 1 N–H and O–H groups in total. The first kappa shape index (κ1) is 15.4. The van der Waals surface area contributed by atoms with Crippen molar-refractivity contribution >= 4 is 11.6 Å². The van der Waals surface area contributed by atoms with Gasteiger partial charge in [-0.1, -0.05) is 0 Å². The molecule has 8 nitrogen and oxygen atoms in total. The summed E-state index contributed by atoms with van der Waals surface area (Å²) in [7, 11) is 0. The molecule has 4 heterocycles. The van der Waals surface area contributed by atoms with Crippen LogP contribution in [0.5, 0.6) is 11.5 Å². The summed E-state index contributed by atoms with van der Waals surface area (Å²) >= 11 is 0. The highest BCUT2D eigenvalue weighted by molar-refractivity contribution is 5.47. The van der Waals surface area contributed by atoms with Crippen LogP contribution in [0, 0.1) is 6.92 Å². The Hall–Kier alpha value is -2.87. The Balaban J connectivity index is 1.28. The minimum Gasteiger partial charge on any atom is -0.454 e. The first-order valence-electron chi connectivity index (χ1n) is 8.91. The van der Waals surface area contributed by atoms with Gasteiger partial charge in [0.05, 0.1) is 26.2 Å². The number of hydrogen-bond donors (Lipinski definition) is 1. The van der Waals surface area contributed by atoms with Crippen LogP contribution in [0.3, 0.4) is 0 Å². The number of aromatic nitrogens is 4. The van der Waals surface area contributed by atoms with Gasteiger partial charge in [-0.2, -0.15) is 14.6 Å². The fraction of sp³-hybridized carbons (Fsp3) is 0.389. The monoisotopic (exact) mass is 353 g/mol. The van der Waals surface area contributed by atoms with E-state index in [9.17, 15) is 0 Å². The van der Waals surface area contributed by atoms with Gasteiger partial charge in [-0.05, 0) is 25.1 Å². The highest BCUT2D eigenvalue weighted by Gasteiger charge is 2.23. The Morgan fingerprint density at radius 1 is 1.12 bits per heavy atom. The van der Waals surface area contributed by atoms with E-state index in [0.29, 0.717) is 12.6 Å². The maximum Gasteiger partial charge on any atom is 0.254 e. The second-order valence-electron chi connectivity index (χ2n) is 6.83. The first-order valence-corrected chi connectivity index (χ1v) is 8.91. The maximum absolute atomic E-state index is 5.49. The predicted molar refractivity (Wildman–Crippen MR) is 94.7 cm³/mol. The molecule has 0 bridgehead atoms. The van der Waals surface area contributed by atoms with Gasteiger partial charge in [0.25, 0.3) is 5.78 Å². The molecule has 1 saturated heterocycles. The molecule has 2 aliphatic heterocycles. The van der Waals surface area contributed by atoms with Gasteiger partial charge >= 0.3 is 0 Å². The molecule has 1 fully saturated rings. The smallest absolute Gasteiger partial charge is 0.254 e. The van der Waals surface area contributed by atoms with Crippen molar-refractivity contribution in [1.29, 1.82) is 0 Å². The lowest BCUT2D eigenvalue weighted by molar-refractivity contribution is -0.914. The molecule has 134 valence electrons. The number of hydrogen-bond acceptors (Lipinski definition) is 6. The van der Waals surface area contributed by atoms with Crippen LogP contribution in [0.4, 0.5) is 5.82 Å². The molecule has 0 aliphatic carbocycles. The number of piperazine rings is 1. The average molecular weight is 353 g/mol. The van der Waals surface area contributed by atoms with Crippen LogP contribution in [0.25, 0.3) is 5.78 Å². The van der Waals surface area contributed by atoms with Crippen LogP contribution in [0.2, 0.25) is 0 Å². The van der Waals surface area contributed by atoms with Gasteiger partial charge in [-0.15, -0.1) is 0 Å². The zero-order valence-electron chi connectivity index (χ0n) is 14.7. The second-order valence-corrected chi connectivity index (χ2v) is 6.83. The lowest BCUT2D eigenvalue weighted by atomic mass is 10.1. The summed E-state index contributed by atoms with van der Waals surface area (Å²) in [6, 6.07) is 8.34. The number of nitrogens with zero attached hydrogens (tertiary/aromatic N) is 5. The topological polar surface area (TPSA) is 69.2 Å². The molecule has 2 aliphatic rings. The van der Waals surface area contributed by atoms with Crippen molar-refractivity contribution in [2.24, 2.45) is 0 Å². The van der Waals surface area contributed by atoms with E-state index in [1.165, 1.54) is 5.56 Å². The van der Waals surface area contributed by atoms with E-state index >= 15 is 0 Å². The highest BCUT2D eigenvalue weighted by Crippen LogP contribution is 2.32. The van der Waals surface area contributed by atoms with Crippen LogP contribution >= 0.6 is 0 Å². The van der Waals surface area contributed by atoms with E-state index in [1.807, 2.05) is 17.5 Å². The van der Waals surface area contributed by atoms with E-state index < -0.39 is 0 Å². The SMILES string of the molecule is Cc1cc(N2CC[NH+](Cc3ccc4c(c3)OCO4)CC2)n2ncnc2n1. The number of aryl methyl sites for hydroxylation is 1. The number of quaternary nitrogens is 1. The summed E-state index contributed by atoms with van der Waals surface area (Å²) < 4.78 is 12.7. The van der Waals surface area contributed by atoms with Crippen LogP contribution in [0.15, 0.2) is 30.6 Å². The van der Waals surface area contributed by atoms with Crippen molar-refractivity contribution in [3.63, 3.8) is 0 Å². The molecule has 0 saturated carbocycles. The van der Waals surface area contributed by atoms with Crippen LogP contribution < -0.4 is 19.3 Å². The summed E-state index contributed by atoms with van der Waals surface area (Å²) in [5.41, 5.74) is 2.26. The maximum atomic E-state index is 5.49. The summed E-state index contributed by atoms with van der Waals surface area (Å²) in [5.74, 6) is 3.45. The van der Waals surface area contributed by atoms with Crippen molar-refractivity contribution in [3.8, 4) is 11.5 Å². The molecule has 0 unspecified atom stereocenters. The third kappa shape index (κ3) is 2.72. The molecule has 0 spiro atoms. The van der Waals surface area contributed by atoms with Gasteiger partial charge in [0.1, 0.15) is 18.7 Å². The average Bonchev–Trinajstić information content (AvgIpc) is 3.30. The number of anilines is 1. The Kier molecular flexibility index (Phi) is 3.63. The number of rotatable bonds is 3. The standard InChI is InChI=1S/C18H20N6O2/c1-13-8-17(24-18(21-13)19-11-20-24)23-6-4-22(5-7-23)10-14-2-3-15-16(9-14)26-12-25-15/h2-3,8-9,11H,4-7,10,12H2,1H3/p+1. The quantitative estimate of drug-likeness (QED) is 0.719. The zero-order chi connectivity index (χ0) is 17.5. The van der Waals surface area contributed by atoms with Gasteiger partial charge in [-0.25, -0.2) is 4.98 Å². The van der Waals surface area contributed by atoms with Crippen LogP contribution in [-0.2, 0) is 6.54 Å². The molecule has 5 rings (SSSR count). The Labute approximate surface area is 151 Å². The molecular weight excluding hydrogens is 332 g/mol. The lowest BCUT2D eigenvalue weighted by Crippen LogP contribution is -3.13. The zero-order valence-corrected chi connectivity index (χ0v) is 14.7. The molecule has 0 atom stereocenters. The minimum absolute atomic E-state index is 0.326. The highest BCUT2D eigenvalue weighted by atomic mass is 16.7. The second kappa shape index (κ2) is 6.14. The third-order valence-corrected chi connectivity index (χ3v) is 5.05. The van der Waals surface area contributed by atoms with E-state index in [1.54, 1.807) is 11.2 Å². The van der Waals surface area contributed by atoms with Gasteiger partial charge in [-0.3, -0.25) is 0 Å². The van der Waals surface area contributed by atoms with Crippen LogP contribution in [0.1, 0.15) is 11.3 Å². The largest absolute Gasteiger partial charge is 0.454 e. The fourth-order valence-electron chi connectivity index (χ4n) is 3.70. The molecule has 0 amide bonds. The summed E-state index contributed by atoms with van der Waals surface area (Å²) in [5, 5.41) is 4.32. The summed E-state index contributed by atoms with van der Waals surface area (Å²) in [6.07, 6.45) is 1.56. The Bertz CT molecular complexity index is 948. The predicted octanol–water partition coefficient (Wildman–Crippen LogP) is 0.0665. The first-order chi connectivity index (χ1) is 12.8. The van der Waals surface area contributed by atoms with E-state index in [0.717, 1.165) is 55.7 Å². The number of nitrogens with one attached hydrogen (secondary N) is 1. The summed E-state index contributed by atoms with van der Waals surface area (Å²) in [4.78, 5) is 12.6. The van der Waals surface area contributed by atoms with E-state index in [-0.39, 0.29) is 0 Å². The Morgan fingerprint density at radius 2 is 1.96 bits per heavy atom. The van der Waals surface area contributed by atoms with Gasteiger partial charge < -0.3 is 19.3 Å². The molecule has 26 heavy (non-hydrogen) atoms. The minimum atomic E-state index is 0.326. The van der Waals surface area contributed by atoms with Crippen molar-refractivity contribution in [3.05, 3.63) is 41.9 Å². The van der Waals surface area contributed by atoms with E-state index in [2.05, 4.69) is 38.2 Å². The molecule has 3 aromatic rings. The molecule has 0 radical (unpaired) electrons.